The van der Waals surface area contributed by atoms with Gasteiger partial charge in [-0.15, -0.1) is 0 Å². The summed E-state index contributed by atoms with van der Waals surface area (Å²) in [6.07, 6.45) is 14.6. The molecule has 2 aliphatic rings. The van der Waals surface area contributed by atoms with E-state index in [2.05, 4.69) is 77.9 Å². The fourth-order valence-corrected chi connectivity index (χ4v) is 10.5. The van der Waals surface area contributed by atoms with Gasteiger partial charge in [-0.25, -0.2) is 0 Å². The lowest BCUT2D eigenvalue weighted by Gasteiger charge is -2.40. The van der Waals surface area contributed by atoms with Crippen LogP contribution in [-0.4, -0.2) is 11.3 Å². The van der Waals surface area contributed by atoms with E-state index in [1.165, 1.54) is 69.8 Å². The van der Waals surface area contributed by atoms with E-state index < -0.39 is 0 Å². The number of benzene rings is 2. The molecular formula is C33H52P2. The number of hydrogen-bond donors (Lipinski definition) is 0. The summed E-state index contributed by atoms with van der Waals surface area (Å²) in [4.78, 5) is 0. The van der Waals surface area contributed by atoms with Crippen LogP contribution in [0.4, 0.5) is 0 Å². The van der Waals surface area contributed by atoms with E-state index in [4.69, 9.17) is 0 Å². The third kappa shape index (κ3) is 6.60. The van der Waals surface area contributed by atoms with Crippen LogP contribution in [0.3, 0.4) is 0 Å². The molecule has 35 heavy (non-hydrogen) atoms. The summed E-state index contributed by atoms with van der Waals surface area (Å²) in [5, 5.41) is 1.75. The molecule has 2 heteroatoms. The van der Waals surface area contributed by atoms with Crippen LogP contribution in [0.15, 0.2) is 36.4 Å². The molecule has 0 aliphatic heterocycles. The number of rotatable bonds is 7. The normalized spacial score (nSPS) is 18.0. The molecule has 2 aromatic rings. The Morgan fingerprint density at radius 3 is 1.51 bits per heavy atom. The van der Waals surface area contributed by atoms with Gasteiger partial charge in [0.1, 0.15) is 0 Å². The Balaban J connectivity index is 0.00000342. The van der Waals surface area contributed by atoms with E-state index >= 15 is 0 Å². The smallest absolute Gasteiger partial charge is 0.0101 e. The van der Waals surface area contributed by atoms with Crippen LogP contribution in [0, 0.1) is 0 Å². The zero-order chi connectivity index (χ0) is 24.2. The van der Waals surface area contributed by atoms with Gasteiger partial charge in [0.25, 0.3) is 0 Å². The lowest BCUT2D eigenvalue weighted by molar-refractivity contribution is 0.487. The van der Waals surface area contributed by atoms with Gasteiger partial charge < -0.3 is 0 Å². The highest BCUT2D eigenvalue weighted by atomic mass is 31.1. The van der Waals surface area contributed by atoms with Crippen molar-refractivity contribution in [1.29, 1.82) is 0 Å². The van der Waals surface area contributed by atoms with Crippen LogP contribution in [0.5, 0.6) is 0 Å². The van der Waals surface area contributed by atoms with Crippen LogP contribution in [0.2, 0.25) is 0 Å². The highest BCUT2D eigenvalue weighted by molar-refractivity contribution is 7.67. The van der Waals surface area contributed by atoms with Gasteiger partial charge in [0, 0.05) is 0 Å². The highest BCUT2D eigenvalue weighted by Gasteiger charge is 2.34. The Hall–Kier alpha value is -0.700. The van der Waals surface area contributed by atoms with Crippen molar-refractivity contribution in [2.45, 2.75) is 135 Å². The van der Waals surface area contributed by atoms with Gasteiger partial charge in [-0.2, -0.15) is 9.90 Å². The van der Waals surface area contributed by atoms with Crippen molar-refractivity contribution in [3.63, 3.8) is 0 Å². The zero-order valence-electron chi connectivity index (χ0n) is 23.6. The highest BCUT2D eigenvalue weighted by Crippen LogP contribution is 2.56. The first-order chi connectivity index (χ1) is 16.4. The minimum absolute atomic E-state index is 0. The van der Waals surface area contributed by atoms with Crippen molar-refractivity contribution in [2.24, 2.45) is 0 Å². The van der Waals surface area contributed by atoms with E-state index in [1.807, 2.05) is 0 Å². The molecule has 0 saturated heterocycles. The predicted molar refractivity (Wildman–Crippen MR) is 166 cm³/mol. The average Bonchev–Trinajstić information content (AvgIpc) is 2.85. The van der Waals surface area contributed by atoms with Gasteiger partial charge in [-0.1, -0.05) is 124 Å². The fraction of sp³-hybridized carbons (Fsp3) is 0.636. The fourth-order valence-electron chi connectivity index (χ4n) is 6.59. The Morgan fingerprint density at radius 1 is 0.629 bits per heavy atom. The molecule has 0 spiro atoms. The van der Waals surface area contributed by atoms with Gasteiger partial charge in [-0.05, 0) is 87.9 Å². The topological polar surface area (TPSA) is 0 Å². The van der Waals surface area contributed by atoms with Crippen molar-refractivity contribution in [1.82, 2.24) is 0 Å². The summed E-state index contributed by atoms with van der Waals surface area (Å²) in [5.74, 6) is 1.64. The first-order valence-corrected chi connectivity index (χ1v) is 15.9. The molecule has 2 aliphatic carbocycles. The summed E-state index contributed by atoms with van der Waals surface area (Å²) in [6.45, 7) is 14.3. The molecule has 2 fully saturated rings. The molecule has 4 rings (SSSR count). The second kappa shape index (κ2) is 13.2. The second-order valence-corrected chi connectivity index (χ2v) is 14.8. The summed E-state index contributed by atoms with van der Waals surface area (Å²) in [6, 6.07) is 14.8. The summed E-state index contributed by atoms with van der Waals surface area (Å²) in [5.41, 5.74) is 9.71. The van der Waals surface area contributed by atoms with E-state index in [0.717, 1.165) is 11.3 Å². The lowest BCUT2D eigenvalue weighted by atomic mass is 9.82. The average molecular weight is 511 g/mol. The Bertz CT molecular complexity index is 883. The minimum Gasteiger partial charge on any atom is -0.153 e. The predicted octanol–water partition coefficient (Wildman–Crippen LogP) is 10.6. The molecule has 0 bridgehead atoms. The maximum atomic E-state index is 2.56. The minimum atomic E-state index is -0.120. The van der Waals surface area contributed by atoms with E-state index in [1.54, 1.807) is 27.6 Å². The lowest BCUT2D eigenvalue weighted by Crippen LogP contribution is -2.27. The first-order valence-electron chi connectivity index (χ1n) is 14.4. The van der Waals surface area contributed by atoms with Crippen LogP contribution < -0.4 is 5.30 Å². The SMILES string of the molecule is CC(C)c1cc(C(C)C)c(-c2ccccc2P(C2CCCCC2)C2CCCCC2)c(C(C)C)c1.P. The zero-order valence-corrected chi connectivity index (χ0v) is 25.9. The van der Waals surface area contributed by atoms with Crippen molar-refractivity contribution in [3.8, 4) is 11.1 Å². The van der Waals surface area contributed by atoms with Gasteiger partial charge >= 0.3 is 0 Å². The van der Waals surface area contributed by atoms with Crippen molar-refractivity contribution >= 4 is 23.1 Å². The van der Waals surface area contributed by atoms with E-state index in [9.17, 15) is 0 Å². The van der Waals surface area contributed by atoms with Crippen LogP contribution in [0.25, 0.3) is 11.1 Å². The standard InChI is InChI=1S/C33H49P.H3P/c1-23(2)26-21-30(24(3)4)33(31(22-26)25(5)6)29-19-13-14-20-32(29)34(27-15-9-7-10-16-27)28-17-11-8-12-18-28;/h13-14,19-25,27-28H,7-12,15-18H2,1-6H3;1H3. The second-order valence-electron chi connectivity index (χ2n) is 12.0. The van der Waals surface area contributed by atoms with E-state index in [-0.39, 0.29) is 17.8 Å². The maximum Gasteiger partial charge on any atom is -0.0101 e. The molecule has 194 valence electrons. The first kappa shape index (κ1) is 28.9. The summed E-state index contributed by atoms with van der Waals surface area (Å²) in [7, 11) is -0.120. The number of hydrogen-bond acceptors (Lipinski definition) is 0. The molecular weight excluding hydrogens is 458 g/mol. The Kier molecular flexibility index (Phi) is 10.9. The molecule has 1 atom stereocenters. The molecule has 0 N–H and O–H groups in total. The van der Waals surface area contributed by atoms with Gasteiger partial charge in [0.05, 0.1) is 0 Å². The van der Waals surface area contributed by atoms with Crippen LogP contribution in [0.1, 0.15) is 140 Å². The molecule has 2 aromatic carbocycles. The molecule has 0 amide bonds. The molecule has 0 aromatic heterocycles. The Morgan fingerprint density at radius 2 is 1.09 bits per heavy atom. The molecule has 1 unspecified atom stereocenters. The van der Waals surface area contributed by atoms with Crippen molar-refractivity contribution in [3.05, 3.63) is 53.1 Å². The van der Waals surface area contributed by atoms with Crippen LogP contribution >= 0.6 is 17.8 Å². The third-order valence-corrected chi connectivity index (χ3v) is 12.1. The maximum absolute atomic E-state index is 2.56. The van der Waals surface area contributed by atoms with Gasteiger partial charge in [-0.3, -0.25) is 0 Å². The van der Waals surface area contributed by atoms with Crippen molar-refractivity contribution in [2.75, 3.05) is 0 Å². The molecule has 2 saturated carbocycles. The van der Waals surface area contributed by atoms with Gasteiger partial charge in [0.2, 0.25) is 0 Å². The summed E-state index contributed by atoms with van der Waals surface area (Å²) < 4.78 is 0. The van der Waals surface area contributed by atoms with Gasteiger partial charge in [0.15, 0.2) is 0 Å². The monoisotopic (exact) mass is 510 g/mol. The largest absolute Gasteiger partial charge is 0.153 e. The quantitative estimate of drug-likeness (QED) is 0.325. The third-order valence-electron chi connectivity index (χ3n) is 8.52. The molecule has 0 heterocycles. The van der Waals surface area contributed by atoms with Crippen molar-refractivity contribution < 1.29 is 0 Å². The van der Waals surface area contributed by atoms with E-state index in [0.29, 0.717) is 17.8 Å². The Labute approximate surface area is 221 Å². The molecule has 0 nitrogen and oxygen atoms in total. The molecule has 0 radical (unpaired) electrons. The van der Waals surface area contributed by atoms with Crippen LogP contribution in [-0.2, 0) is 0 Å². The summed E-state index contributed by atoms with van der Waals surface area (Å²) >= 11 is 0.